The maximum absolute atomic E-state index is 6.46. The van der Waals surface area contributed by atoms with E-state index in [9.17, 15) is 0 Å². The molecule has 0 amide bonds. The average Bonchev–Trinajstić information content (AvgIpc) is 3.86. The summed E-state index contributed by atoms with van der Waals surface area (Å²) in [5.41, 5.74) is 14.7. The lowest BCUT2D eigenvalue weighted by Crippen LogP contribution is -1.87. The van der Waals surface area contributed by atoms with E-state index in [0.29, 0.717) is 0 Å². The van der Waals surface area contributed by atoms with Gasteiger partial charge >= 0.3 is 0 Å². The molecule has 0 fully saturated rings. The number of hydrogen-bond donors (Lipinski definition) is 1. The molecule has 270 valence electrons. The molecule has 2 heterocycles. The Balaban J connectivity index is 0.914. The molecule has 0 bridgehead atoms. The Kier molecular flexibility index (Phi) is 8.86. The number of anilines is 1. The van der Waals surface area contributed by atoms with Crippen LogP contribution in [0, 0.1) is 0 Å². The zero-order valence-corrected chi connectivity index (χ0v) is 31.1. The molecular formula is C54H37NO2. The zero-order chi connectivity index (χ0) is 38.0. The van der Waals surface area contributed by atoms with Gasteiger partial charge in [0, 0.05) is 44.6 Å². The molecule has 0 saturated heterocycles. The van der Waals surface area contributed by atoms with Crippen molar-refractivity contribution in [3.63, 3.8) is 0 Å². The molecule has 0 unspecified atom stereocenters. The van der Waals surface area contributed by atoms with Crippen molar-refractivity contribution in [2.75, 3.05) is 5.32 Å². The van der Waals surface area contributed by atoms with Gasteiger partial charge in [-0.2, -0.15) is 0 Å². The first-order valence-electron chi connectivity index (χ1n) is 19.2. The van der Waals surface area contributed by atoms with Crippen LogP contribution in [0.15, 0.2) is 221 Å². The largest absolute Gasteiger partial charge is 0.455 e. The van der Waals surface area contributed by atoms with Crippen molar-refractivity contribution in [1.82, 2.24) is 0 Å². The number of para-hydroxylation sites is 4. The Morgan fingerprint density at radius 2 is 0.947 bits per heavy atom. The van der Waals surface area contributed by atoms with Crippen molar-refractivity contribution in [2.24, 2.45) is 0 Å². The van der Waals surface area contributed by atoms with E-state index < -0.39 is 0 Å². The van der Waals surface area contributed by atoms with Crippen molar-refractivity contribution in [2.45, 2.75) is 0 Å². The van der Waals surface area contributed by atoms with Gasteiger partial charge in [-0.15, -0.1) is 0 Å². The van der Waals surface area contributed by atoms with Gasteiger partial charge in [0.15, 0.2) is 0 Å². The highest BCUT2D eigenvalue weighted by molar-refractivity contribution is 6.10. The zero-order valence-electron chi connectivity index (χ0n) is 31.1. The van der Waals surface area contributed by atoms with Crippen molar-refractivity contribution in [1.29, 1.82) is 0 Å². The van der Waals surface area contributed by atoms with Gasteiger partial charge in [-0.1, -0.05) is 182 Å². The second-order valence-corrected chi connectivity index (χ2v) is 14.2. The molecule has 2 aromatic heterocycles. The number of allylic oxidation sites excluding steroid dienone is 4. The lowest BCUT2D eigenvalue weighted by atomic mass is 9.98. The summed E-state index contributed by atoms with van der Waals surface area (Å²) in [6.07, 6.45) is 10.5. The maximum atomic E-state index is 6.46. The summed E-state index contributed by atoms with van der Waals surface area (Å²) in [7, 11) is 0. The van der Waals surface area contributed by atoms with Crippen LogP contribution in [-0.4, -0.2) is 0 Å². The molecule has 0 spiro atoms. The van der Waals surface area contributed by atoms with Gasteiger partial charge in [-0.25, -0.2) is 0 Å². The molecule has 0 aliphatic carbocycles. The first-order valence-corrected chi connectivity index (χ1v) is 19.2. The predicted octanol–water partition coefficient (Wildman–Crippen LogP) is 15.2. The third-order valence-corrected chi connectivity index (χ3v) is 10.6. The van der Waals surface area contributed by atoms with Crippen LogP contribution in [0.2, 0.25) is 0 Å². The van der Waals surface area contributed by atoms with E-state index in [0.717, 1.165) is 77.4 Å². The van der Waals surface area contributed by atoms with Crippen LogP contribution >= 0.6 is 0 Å². The Hall–Kier alpha value is -7.62. The molecular weight excluding hydrogens is 695 g/mol. The van der Waals surface area contributed by atoms with Gasteiger partial charge in [-0.3, -0.25) is 0 Å². The fourth-order valence-corrected chi connectivity index (χ4v) is 7.68. The van der Waals surface area contributed by atoms with E-state index in [1.54, 1.807) is 0 Å². The average molecular weight is 732 g/mol. The fraction of sp³-hybridized carbons (Fsp3) is 0. The Bertz CT molecular complexity index is 3110. The quantitative estimate of drug-likeness (QED) is 0.150. The van der Waals surface area contributed by atoms with E-state index in [4.69, 9.17) is 8.83 Å². The van der Waals surface area contributed by atoms with Crippen molar-refractivity contribution < 1.29 is 8.83 Å². The summed E-state index contributed by atoms with van der Waals surface area (Å²) in [5, 5.41) is 7.94. The summed E-state index contributed by atoms with van der Waals surface area (Å²) < 4.78 is 12.8. The highest BCUT2D eigenvalue weighted by Gasteiger charge is 2.13. The number of nitrogens with one attached hydrogen (secondary N) is 1. The summed E-state index contributed by atoms with van der Waals surface area (Å²) in [6, 6.07) is 65.6. The van der Waals surface area contributed by atoms with Gasteiger partial charge in [0.2, 0.25) is 0 Å². The predicted molar refractivity (Wildman–Crippen MR) is 240 cm³/mol. The lowest BCUT2D eigenvalue weighted by Gasteiger charge is -2.06. The Labute approximate surface area is 331 Å². The topological polar surface area (TPSA) is 38.3 Å². The molecule has 0 aliphatic rings. The van der Waals surface area contributed by atoms with E-state index in [-0.39, 0.29) is 0 Å². The molecule has 0 saturated carbocycles. The smallest absolute Gasteiger partial charge is 0.143 e. The fourth-order valence-electron chi connectivity index (χ4n) is 7.68. The standard InChI is InChI=1S/C54H37NO2/c1-2-11-38(12-3-1)40-28-30-41(31-29-40)39-25-22-37(23-26-39)24-27-42(45-16-8-18-49-47-14-4-6-20-51(47)56-53(45)49)13-10-36-55-44-34-32-43(33-35-44)46-17-9-19-50-48-15-5-7-21-52(48)57-54(46)50/h1-36,55H/b27-24-,36-10+,42-13+. The van der Waals surface area contributed by atoms with E-state index in [2.05, 4.69) is 181 Å². The summed E-state index contributed by atoms with van der Waals surface area (Å²) >= 11 is 0. The minimum atomic E-state index is 0.875. The molecule has 1 N–H and O–H groups in total. The van der Waals surface area contributed by atoms with Crippen LogP contribution < -0.4 is 5.32 Å². The number of hydrogen-bond acceptors (Lipinski definition) is 3. The highest BCUT2D eigenvalue weighted by Crippen LogP contribution is 2.37. The Morgan fingerprint density at radius 1 is 0.421 bits per heavy atom. The minimum Gasteiger partial charge on any atom is -0.455 e. The van der Waals surface area contributed by atoms with Crippen molar-refractivity contribution in [3.8, 4) is 33.4 Å². The highest BCUT2D eigenvalue weighted by atomic mass is 16.3. The van der Waals surface area contributed by atoms with Gasteiger partial charge < -0.3 is 14.2 Å². The minimum absolute atomic E-state index is 0.875. The van der Waals surface area contributed by atoms with Gasteiger partial charge in [-0.05, 0) is 69.3 Å². The SMILES string of the molecule is C(=C/c1ccc(-c2ccc(-c3ccccc3)cc2)cc1)/C(=C\C=C\Nc1ccc(-c2cccc3c2oc2ccccc23)cc1)c1cccc2c1oc1ccccc12. The lowest BCUT2D eigenvalue weighted by molar-refractivity contribution is 0.667. The molecule has 0 radical (unpaired) electrons. The molecule has 10 rings (SSSR count). The van der Waals surface area contributed by atoms with Gasteiger partial charge in [0.1, 0.15) is 22.3 Å². The number of furan rings is 2. The molecule has 57 heavy (non-hydrogen) atoms. The molecule has 3 heteroatoms. The third-order valence-electron chi connectivity index (χ3n) is 10.6. The third kappa shape index (κ3) is 6.73. The van der Waals surface area contributed by atoms with Gasteiger partial charge in [0.05, 0.1) is 0 Å². The normalized spacial score (nSPS) is 12.2. The monoisotopic (exact) mass is 731 g/mol. The molecule has 10 aromatic rings. The first-order chi connectivity index (χ1) is 28.2. The van der Waals surface area contributed by atoms with E-state index in [1.165, 1.54) is 22.3 Å². The number of fused-ring (bicyclic) bond motifs is 6. The van der Waals surface area contributed by atoms with E-state index >= 15 is 0 Å². The summed E-state index contributed by atoms with van der Waals surface area (Å²) in [5.74, 6) is 0. The molecule has 8 aromatic carbocycles. The van der Waals surface area contributed by atoms with Crippen LogP contribution in [-0.2, 0) is 0 Å². The maximum Gasteiger partial charge on any atom is 0.143 e. The Morgan fingerprint density at radius 3 is 1.63 bits per heavy atom. The number of rotatable bonds is 9. The van der Waals surface area contributed by atoms with Crippen LogP contribution in [0.3, 0.4) is 0 Å². The second kappa shape index (κ2) is 14.9. The number of benzene rings is 8. The first kappa shape index (κ1) is 33.9. The van der Waals surface area contributed by atoms with Crippen LogP contribution in [0.5, 0.6) is 0 Å². The van der Waals surface area contributed by atoms with Crippen molar-refractivity contribution in [3.05, 3.63) is 224 Å². The molecule has 3 nitrogen and oxygen atoms in total. The molecule has 0 aliphatic heterocycles. The summed E-state index contributed by atoms with van der Waals surface area (Å²) in [6.45, 7) is 0. The van der Waals surface area contributed by atoms with Crippen LogP contribution in [0.25, 0.3) is 88.9 Å². The molecule has 0 atom stereocenters. The second-order valence-electron chi connectivity index (χ2n) is 14.2. The summed E-state index contributed by atoms with van der Waals surface area (Å²) in [4.78, 5) is 0. The van der Waals surface area contributed by atoms with Crippen LogP contribution in [0.1, 0.15) is 11.1 Å². The van der Waals surface area contributed by atoms with E-state index in [1.807, 2.05) is 42.6 Å². The van der Waals surface area contributed by atoms with Gasteiger partial charge in [0.25, 0.3) is 0 Å². The van der Waals surface area contributed by atoms with Crippen molar-refractivity contribution >= 4 is 61.2 Å². The van der Waals surface area contributed by atoms with Crippen LogP contribution in [0.4, 0.5) is 5.69 Å².